The lowest BCUT2D eigenvalue weighted by molar-refractivity contribution is 0.0784. The van der Waals surface area contributed by atoms with Crippen LogP contribution in [0.1, 0.15) is 5.76 Å². The minimum Gasteiger partial charge on any atom is -0.468 e. The van der Waals surface area contributed by atoms with Crippen LogP contribution in [0.5, 0.6) is 0 Å². The van der Waals surface area contributed by atoms with Gasteiger partial charge in [-0.2, -0.15) is 0 Å². The lowest BCUT2D eigenvalue weighted by atomic mass is 10.5. The van der Waals surface area contributed by atoms with Crippen LogP contribution in [0.25, 0.3) is 0 Å². The number of hydrogen-bond donors (Lipinski definition) is 1. The highest BCUT2D eigenvalue weighted by atomic mass is 32.2. The Morgan fingerprint density at radius 2 is 2.18 bits per heavy atom. The van der Waals surface area contributed by atoms with Crippen molar-refractivity contribution >= 4 is 10.0 Å². The third-order valence-electron chi connectivity index (χ3n) is 1.97. The van der Waals surface area contributed by atoms with Crippen molar-refractivity contribution in [3.05, 3.63) is 24.2 Å². The average molecular weight is 263 g/mol. The molecular formula is C10H17NO5S. The Hall–Kier alpha value is -0.890. The van der Waals surface area contributed by atoms with E-state index in [1.165, 1.54) is 6.26 Å². The molecule has 1 N–H and O–H groups in total. The smallest absolute Gasteiger partial charge is 0.214 e. The largest absolute Gasteiger partial charge is 0.468 e. The predicted octanol–water partition coefficient (Wildman–Crippen LogP) is 0.362. The summed E-state index contributed by atoms with van der Waals surface area (Å²) in [5, 5.41) is 0. The van der Waals surface area contributed by atoms with E-state index in [2.05, 4.69) is 4.72 Å². The highest BCUT2D eigenvalue weighted by Crippen LogP contribution is 1.99. The molecule has 98 valence electrons. The van der Waals surface area contributed by atoms with Gasteiger partial charge >= 0.3 is 0 Å². The number of nitrogens with one attached hydrogen (secondary N) is 1. The molecule has 6 nitrogen and oxygen atoms in total. The summed E-state index contributed by atoms with van der Waals surface area (Å²) in [4.78, 5) is 0. The van der Waals surface area contributed by atoms with Crippen molar-refractivity contribution in [3.8, 4) is 0 Å². The molecule has 1 aromatic heterocycles. The van der Waals surface area contributed by atoms with E-state index in [9.17, 15) is 8.42 Å². The topological polar surface area (TPSA) is 77.8 Å². The third kappa shape index (κ3) is 6.42. The van der Waals surface area contributed by atoms with Crippen molar-refractivity contribution in [1.82, 2.24) is 4.72 Å². The number of hydrogen-bond acceptors (Lipinski definition) is 5. The highest BCUT2D eigenvalue weighted by Gasteiger charge is 2.10. The Kier molecular flexibility index (Phi) is 6.20. The van der Waals surface area contributed by atoms with Crippen LogP contribution >= 0.6 is 0 Å². The van der Waals surface area contributed by atoms with E-state index in [1.54, 1.807) is 19.2 Å². The van der Waals surface area contributed by atoms with Crippen LogP contribution < -0.4 is 4.72 Å². The SMILES string of the molecule is COCCOCCS(=O)(=O)NCc1ccco1. The van der Waals surface area contributed by atoms with E-state index in [1.807, 2.05) is 0 Å². The molecule has 0 fully saturated rings. The molecule has 1 rings (SSSR count). The van der Waals surface area contributed by atoms with Gasteiger partial charge in [-0.1, -0.05) is 0 Å². The van der Waals surface area contributed by atoms with Crippen LogP contribution in [-0.4, -0.2) is 41.1 Å². The van der Waals surface area contributed by atoms with Gasteiger partial charge in [0.1, 0.15) is 5.76 Å². The lowest BCUT2D eigenvalue weighted by Gasteiger charge is -2.06. The molecule has 0 aliphatic heterocycles. The molecule has 0 atom stereocenters. The molecule has 1 heterocycles. The van der Waals surface area contributed by atoms with E-state index < -0.39 is 10.0 Å². The summed E-state index contributed by atoms with van der Waals surface area (Å²) in [5.41, 5.74) is 0. The Balaban J connectivity index is 2.17. The van der Waals surface area contributed by atoms with Crippen LogP contribution in [-0.2, 0) is 26.0 Å². The molecule has 0 unspecified atom stereocenters. The Morgan fingerprint density at radius 3 is 2.82 bits per heavy atom. The summed E-state index contributed by atoms with van der Waals surface area (Å²) in [5.74, 6) is 0.506. The van der Waals surface area contributed by atoms with Crippen molar-refractivity contribution in [2.45, 2.75) is 6.54 Å². The zero-order valence-corrected chi connectivity index (χ0v) is 10.5. The van der Waals surface area contributed by atoms with Gasteiger partial charge in [-0.25, -0.2) is 13.1 Å². The minimum absolute atomic E-state index is 0.0720. The zero-order valence-electron chi connectivity index (χ0n) is 9.72. The number of rotatable bonds is 9. The lowest BCUT2D eigenvalue weighted by Crippen LogP contribution is -2.28. The molecule has 0 aromatic carbocycles. The summed E-state index contributed by atoms with van der Waals surface area (Å²) < 4.78 is 40.3. The normalized spacial score (nSPS) is 11.8. The van der Waals surface area contributed by atoms with E-state index in [0.717, 1.165) is 0 Å². The standard InChI is InChI=1S/C10H17NO5S/c1-14-5-6-15-7-8-17(12,13)11-9-10-3-2-4-16-10/h2-4,11H,5-9H2,1H3. The minimum atomic E-state index is -3.32. The first kappa shape index (κ1) is 14.2. The first-order valence-corrected chi connectivity index (χ1v) is 6.85. The maximum atomic E-state index is 11.5. The van der Waals surface area contributed by atoms with Crippen molar-refractivity contribution in [2.24, 2.45) is 0 Å². The van der Waals surface area contributed by atoms with Crippen molar-refractivity contribution in [1.29, 1.82) is 0 Å². The Labute approximate surface area is 101 Å². The summed E-state index contributed by atoms with van der Waals surface area (Å²) in [6.45, 7) is 1.16. The third-order valence-corrected chi connectivity index (χ3v) is 3.26. The van der Waals surface area contributed by atoms with Crippen LogP contribution in [0.4, 0.5) is 0 Å². The molecule has 0 saturated carbocycles. The van der Waals surface area contributed by atoms with Crippen LogP contribution in [0.2, 0.25) is 0 Å². The second-order valence-electron chi connectivity index (χ2n) is 3.32. The molecule has 0 spiro atoms. The maximum Gasteiger partial charge on any atom is 0.214 e. The quantitative estimate of drug-likeness (QED) is 0.651. The van der Waals surface area contributed by atoms with Crippen LogP contribution in [0.3, 0.4) is 0 Å². The van der Waals surface area contributed by atoms with E-state index in [4.69, 9.17) is 13.9 Å². The molecular weight excluding hydrogens is 246 g/mol. The van der Waals surface area contributed by atoms with E-state index >= 15 is 0 Å². The van der Waals surface area contributed by atoms with Crippen LogP contribution in [0.15, 0.2) is 22.8 Å². The summed E-state index contributed by atoms with van der Waals surface area (Å²) in [6, 6.07) is 3.41. The Bertz CT molecular complexity index is 387. The average Bonchev–Trinajstić information content (AvgIpc) is 2.79. The molecule has 0 radical (unpaired) electrons. The summed E-state index contributed by atoms with van der Waals surface area (Å²) >= 11 is 0. The summed E-state index contributed by atoms with van der Waals surface area (Å²) in [6.07, 6.45) is 1.50. The molecule has 0 saturated heterocycles. The predicted molar refractivity (Wildman–Crippen MR) is 62.0 cm³/mol. The number of sulfonamides is 1. The van der Waals surface area contributed by atoms with E-state index in [-0.39, 0.29) is 18.9 Å². The van der Waals surface area contributed by atoms with Crippen molar-refractivity contribution in [3.63, 3.8) is 0 Å². The number of ether oxygens (including phenoxy) is 2. The Morgan fingerprint density at radius 1 is 1.35 bits per heavy atom. The first-order chi connectivity index (χ1) is 8.14. The molecule has 7 heteroatoms. The van der Waals surface area contributed by atoms with Crippen molar-refractivity contribution < 1.29 is 22.3 Å². The summed E-state index contributed by atoms with van der Waals surface area (Å²) in [7, 11) is -1.76. The van der Waals surface area contributed by atoms with Gasteiger partial charge in [-0.05, 0) is 12.1 Å². The highest BCUT2D eigenvalue weighted by molar-refractivity contribution is 7.89. The van der Waals surface area contributed by atoms with Gasteiger partial charge in [-0.15, -0.1) is 0 Å². The van der Waals surface area contributed by atoms with Gasteiger partial charge in [0.25, 0.3) is 0 Å². The molecule has 0 aliphatic carbocycles. The zero-order chi connectivity index (χ0) is 12.6. The van der Waals surface area contributed by atoms with Gasteiger partial charge in [0, 0.05) is 7.11 Å². The van der Waals surface area contributed by atoms with Crippen molar-refractivity contribution in [2.75, 3.05) is 32.7 Å². The molecule has 0 amide bonds. The van der Waals surface area contributed by atoms with Gasteiger partial charge in [-0.3, -0.25) is 0 Å². The number of methoxy groups -OCH3 is 1. The molecule has 17 heavy (non-hydrogen) atoms. The fraction of sp³-hybridized carbons (Fsp3) is 0.600. The second-order valence-corrected chi connectivity index (χ2v) is 5.25. The van der Waals surface area contributed by atoms with E-state index in [0.29, 0.717) is 19.0 Å². The fourth-order valence-electron chi connectivity index (χ4n) is 1.08. The molecule has 0 aliphatic rings. The van der Waals surface area contributed by atoms with Crippen LogP contribution in [0, 0.1) is 0 Å². The monoisotopic (exact) mass is 263 g/mol. The second kappa shape index (κ2) is 7.44. The van der Waals surface area contributed by atoms with Gasteiger partial charge in [0.05, 0.1) is 38.4 Å². The van der Waals surface area contributed by atoms with Gasteiger partial charge in [0.2, 0.25) is 10.0 Å². The number of furan rings is 1. The maximum absolute atomic E-state index is 11.5. The van der Waals surface area contributed by atoms with Gasteiger partial charge in [0.15, 0.2) is 0 Å². The molecule has 0 bridgehead atoms. The first-order valence-electron chi connectivity index (χ1n) is 5.20. The van der Waals surface area contributed by atoms with Gasteiger partial charge < -0.3 is 13.9 Å². The molecule has 1 aromatic rings. The fourth-order valence-corrected chi connectivity index (χ4v) is 1.92.